The van der Waals surface area contributed by atoms with Crippen LogP contribution in [-0.2, 0) is 20.9 Å². The number of nitrogens with two attached hydrogens (primary N) is 1. The number of halogens is 1. The molecule has 1 aliphatic heterocycles. The molecule has 5 heteroatoms. The molecule has 92 valence electrons. The van der Waals surface area contributed by atoms with Crippen LogP contribution in [0.3, 0.4) is 0 Å². The zero-order valence-corrected chi connectivity index (χ0v) is 10.1. The summed E-state index contributed by atoms with van der Waals surface area (Å²) in [5, 5.41) is 0.652. The molecule has 1 aromatic rings. The lowest BCUT2D eigenvalue weighted by atomic mass is 10.0. The maximum absolute atomic E-state index is 11.8. The molecule has 0 saturated carbocycles. The molecule has 1 unspecified atom stereocenters. The van der Waals surface area contributed by atoms with E-state index < -0.39 is 11.5 Å². The van der Waals surface area contributed by atoms with Gasteiger partial charge in [0.2, 0.25) is 0 Å². The maximum Gasteiger partial charge on any atom is 0.328 e. The van der Waals surface area contributed by atoms with E-state index >= 15 is 0 Å². The molecule has 2 rings (SSSR count). The number of carbonyl (C=O) groups excluding carboxylic acids is 1. The summed E-state index contributed by atoms with van der Waals surface area (Å²) in [6, 6.07) is 7.12. The Kier molecular flexibility index (Phi) is 3.66. The molecule has 1 saturated heterocycles. The van der Waals surface area contributed by atoms with Crippen molar-refractivity contribution in [3.63, 3.8) is 0 Å². The van der Waals surface area contributed by atoms with Gasteiger partial charge in [0.25, 0.3) is 0 Å². The Morgan fingerprint density at radius 3 is 2.76 bits per heavy atom. The lowest BCUT2D eigenvalue weighted by molar-refractivity contribution is -0.151. The van der Waals surface area contributed by atoms with Crippen molar-refractivity contribution in [3.05, 3.63) is 34.9 Å². The van der Waals surface area contributed by atoms with Crippen molar-refractivity contribution in [1.82, 2.24) is 0 Å². The van der Waals surface area contributed by atoms with E-state index in [0.29, 0.717) is 18.1 Å². The molecule has 0 aromatic heterocycles. The van der Waals surface area contributed by atoms with Crippen LogP contribution in [0.25, 0.3) is 0 Å². The second kappa shape index (κ2) is 5.04. The minimum atomic E-state index is -0.980. The number of ether oxygens (including phenoxy) is 2. The first-order valence-corrected chi connectivity index (χ1v) is 5.76. The van der Waals surface area contributed by atoms with Gasteiger partial charge in [-0.15, -0.1) is 0 Å². The number of hydrogen-bond donors (Lipinski definition) is 1. The molecule has 1 aliphatic rings. The molecule has 1 atom stereocenters. The normalized spacial score (nSPS) is 23.6. The minimum Gasteiger partial charge on any atom is -0.459 e. The second-order valence-electron chi connectivity index (χ2n) is 4.16. The first kappa shape index (κ1) is 12.4. The molecule has 17 heavy (non-hydrogen) atoms. The summed E-state index contributed by atoms with van der Waals surface area (Å²) < 4.78 is 10.3. The van der Waals surface area contributed by atoms with Gasteiger partial charge in [0.1, 0.15) is 12.1 Å². The summed E-state index contributed by atoms with van der Waals surface area (Å²) in [5.74, 6) is -0.412. The quantitative estimate of drug-likeness (QED) is 0.832. The van der Waals surface area contributed by atoms with Crippen LogP contribution in [0.15, 0.2) is 24.3 Å². The second-order valence-corrected chi connectivity index (χ2v) is 4.60. The molecular formula is C12H14ClNO3. The number of hydrogen-bond acceptors (Lipinski definition) is 4. The predicted molar refractivity (Wildman–Crippen MR) is 63.6 cm³/mol. The monoisotopic (exact) mass is 255 g/mol. The average molecular weight is 256 g/mol. The largest absolute Gasteiger partial charge is 0.459 e. The van der Waals surface area contributed by atoms with Crippen LogP contribution in [0.4, 0.5) is 0 Å². The lowest BCUT2D eigenvalue weighted by Gasteiger charge is -2.19. The zero-order valence-electron chi connectivity index (χ0n) is 9.32. The van der Waals surface area contributed by atoms with Gasteiger partial charge in [-0.25, -0.2) is 4.79 Å². The number of rotatable bonds is 3. The van der Waals surface area contributed by atoms with Crippen LogP contribution in [0.1, 0.15) is 12.0 Å². The molecule has 0 amide bonds. The van der Waals surface area contributed by atoms with Crippen molar-refractivity contribution in [2.75, 3.05) is 13.2 Å². The number of benzene rings is 1. The highest BCUT2D eigenvalue weighted by atomic mass is 35.5. The van der Waals surface area contributed by atoms with Crippen LogP contribution in [0.5, 0.6) is 0 Å². The van der Waals surface area contributed by atoms with Crippen molar-refractivity contribution in [3.8, 4) is 0 Å². The maximum atomic E-state index is 11.8. The van der Waals surface area contributed by atoms with E-state index in [4.69, 9.17) is 26.8 Å². The van der Waals surface area contributed by atoms with Crippen LogP contribution in [0.2, 0.25) is 5.02 Å². The fraction of sp³-hybridized carbons (Fsp3) is 0.417. The standard InChI is InChI=1S/C12H14ClNO3/c13-10-3-1-9(2-4-10)7-17-11(15)12(14)5-6-16-8-12/h1-4H,5-8,14H2. The first-order valence-electron chi connectivity index (χ1n) is 5.38. The molecule has 0 aliphatic carbocycles. The Morgan fingerprint density at radius 2 is 2.18 bits per heavy atom. The molecule has 1 fully saturated rings. The van der Waals surface area contributed by atoms with E-state index in [9.17, 15) is 4.79 Å². The fourth-order valence-corrected chi connectivity index (χ4v) is 1.74. The zero-order chi connectivity index (χ0) is 12.3. The Hall–Kier alpha value is -1.10. The van der Waals surface area contributed by atoms with E-state index in [1.54, 1.807) is 12.1 Å². The summed E-state index contributed by atoms with van der Waals surface area (Å²) in [5.41, 5.74) is 5.77. The molecule has 0 bridgehead atoms. The Morgan fingerprint density at radius 1 is 1.47 bits per heavy atom. The van der Waals surface area contributed by atoms with Gasteiger partial charge in [-0.3, -0.25) is 0 Å². The number of carbonyl (C=O) groups is 1. The third-order valence-corrected chi connectivity index (χ3v) is 2.99. The molecule has 1 aromatic carbocycles. The molecular weight excluding hydrogens is 242 g/mol. The topological polar surface area (TPSA) is 61.6 Å². The van der Waals surface area contributed by atoms with Gasteiger partial charge >= 0.3 is 5.97 Å². The smallest absolute Gasteiger partial charge is 0.328 e. The van der Waals surface area contributed by atoms with Crippen molar-refractivity contribution >= 4 is 17.6 Å². The Labute approximate surface area is 105 Å². The van der Waals surface area contributed by atoms with Gasteiger partial charge in [0, 0.05) is 18.1 Å². The molecule has 1 heterocycles. The number of esters is 1. The van der Waals surface area contributed by atoms with Crippen molar-refractivity contribution in [1.29, 1.82) is 0 Å². The van der Waals surface area contributed by atoms with E-state index in [0.717, 1.165) is 5.56 Å². The first-order chi connectivity index (χ1) is 8.10. The van der Waals surface area contributed by atoms with E-state index in [-0.39, 0.29) is 13.2 Å². The van der Waals surface area contributed by atoms with Gasteiger partial charge in [-0.05, 0) is 17.7 Å². The highest BCUT2D eigenvalue weighted by molar-refractivity contribution is 6.30. The van der Waals surface area contributed by atoms with E-state index in [2.05, 4.69) is 0 Å². The van der Waals surface area contributed by atoms with E-state index in [1.807, 2.05) is 12.1 Å². The third kappa shape index (κ3) is 2.97. The van der Waals surface area contributed by atoms with Crippen molar-refractivity contribution in [2.24, 2.45) is 5.73 Å². The predicted octanol–water partition coefficient (Wildman–Crippen LogP) is 1.50. The van der Waals surface area contributed by atoms with E-state index in [1.165, 1.54) is 0 Å². The molecule has 4 nitrogen and oxygen atoms in total. The minimum absolute atomic E-state index is 0.203. The van der Waals surface area contributed by atoms with Gasteiger partial charge in [-0.1, -0.05) is 23.7 Å². The lowest BCUT2D eigenvalue weighted by Crippen LogP contribution is -2.49. The van der Waals surface area contributed by atoms with Crippen molar-refractivity contribution < 1.29 is 14.3 Å². The average Bonchev–Trinajstić information content (AvgIpc) is 2.76. The van der Waals surface area contributed by atoms with Crippen LogP contribution in [-0.4, -0.2) is 24.7 Å². The SMILES string of the molecule is NC1(C(=O)OCc2ccc(Cl)cc2)CCOC1. The highest BCUT2D eigenvalue weighted by Crippen LogP contribution is 2.18. The van der Waals surface area contributed by atoms with Gasteiger partial charge < -0.3 is 15.2 Å². The summed E-state index contributed by atoms with van der Waals surface area (Å²) in [6.45, 7) is 0.938. The van der Waals surface area contributed by atoms with Crippen molar-refractivity contribution in [2.45, 2.75) is 18.6 Å². The molecule has 0 spiro atoms. The Bertz CT molecular complexity index is 399. The van der Waals surface area contributed by atoms with Gasteiger partial charge in [0.15, 0.2) is 0 Å². The third-order valence-electron chi connectivity index (χ3n) is 2.74. The summed E-state index contributed by atoms with van der Waals surface area (Å²) in [6.07, 6.45) is 0.506. The van der Waals surface area contributed by atoms with Gasteiger partial charge in [-0.2, -0.15) is 0 Å². The van der Waals surface area contributed by atoms with Crippen LogP contribution < -0.4 is 5.73 Å². The van der Waals surface area contributed by atoms with Crippen LogP contribution >= 0.6 is 11.6 Å². The summed E-state index contributed by atoms with van der Waals surface area (Å²) >= 11 is 5.76. The fourth-order valence-electron chi connectivity index (χ4n) is 1.61. The molecule has 2 N–H and O–H groups in total. The van der Waals surface area contributed by atoms with Crippen LogP contribution in [0, 0.1) is 0 Å². The molecule has 0 radical (unpaired) electrons. The van der Waals surface area contributed by atoms with Gasteiger partial charge in [0.05, 0.1) is 6.61 Å². The summed E-state index contributed by atoms with van der Waals surface area (Å²) in [4.78, 5) is 11.8. The Balaban J connectivity index is 1.89. The summed E-state index contributed by atoms with van der Waals surface area (Å²) in [7, 11) is 0. The highest BCUT2D eigenvalue weighted by Gasteiger charge is 2.39.